The number of aromatic nitrogens is 2. The summed E-state index contributed by atoms with van der Waals surface area (Å²) in [4.78, 5) is 22.2. The van der Waals surface area contributed by atoms with E-state index in [1.165, 1.54) is 10.7 Å². The van der Waals surface area contributed by atoms with Crippen LogP contribution in [0.2, 0.25) is 0 Å². The van der Waals surface area contributed by atoms with Crippen molar-refractivity contribution in [3.63, 3.8) is 0 Å². The molecule has 1 N–H and O–H groups in total. The second kappa shape index (κ2) is 8.84. The summed E-state index contributed by atoms with van der Waals surface area (Å²) in [6.07, 6.45) is 0. The summed E-state index contributed by atoms with van der Waals surface area (Å²) < 4.78 is 12.4. The normalized spacial score (nSPS) is 10.4. The Morgan fingerprint density at radius 3 is 2.54 bits per heavy atom. The Hall–Kier alpha value is -3.10. The van der Waals surface area contributed by atoms with Gasteiger partial charge in [0.05, 0.1) is 30.1 Å². The van der Waals surface area contributed by atoms with Crippen LogP contribution in [0.4, 0.5) is 5.82 Å². The summed E-state index contributed by atoms with van der Waals surface area (Å²) >= 11 is 0. The number of nitrogens with zero attached hydrogens (tertiary/aromatic N) is 3. The van der Waals surface area contributed by atoms with Crippen LogP contribution >= 0.6 is 0 Å². The number of hydrogen-bond donors (Lipinski definition) is 1. The molecule has 0 aliphatic heterocycles. The Morgan fingerprint density at radius 2 is 1.92 bits per heavy atom. The van der Waals surface area contributed by atoms with Crippen LogP contribution in [-0.4, -0.2) is 33.8 Å². The van der Waals surface area contributed by atoms with Crippen LogP contribution in [-0.2, 0) is 17.9 Å². The van der Waals surface area contributed by atoms with E-state index in [9.17, 15) is 14.9 Å². The third kappa shape index (κ3) is 4.95. The summed E-state index contributed by atoms with van der Waals surface area (Å²) in [5.41, 5.74) is 1.40. The molecular weight excluding hydrogens is 340 g/mol. The molecule has 0 aliphatic carbocycles. The molecule has 0 saturated heterocycles. The molecule has 0 unspecified atom stereocenters. The molecule has 0 atom stereocenters. The molecule has 0 saturated carbocycles. The van der Waals surface area contributed by atoms with Crippen molar-refractivity contribution in [1.29, 1.82) is 0 Å². The minimum Gasteiger partial charge on any atom is -0.490 e. The molecule has 9 heteroatoms. The van der Waals surface area contributed by atoms with Gasteiger partial charge in [-0.1, -0.05) is 6.07 Å². The lowest BCUT2D eigenvalue weighted by Crippen LogP contribution is -2.28. The van der Waals surface area contributed by atoms with Gasteiger partial charge >= 0.3 is 5.82 Å². The number of carbonyl (C=O) groups excluding carboxylic acids is 1. The fourth-order valence-electron chi connectivity index (χ4n) is 2.34. The molecule has 0 aliphatic rings. The van der Waals surface area contributed by atoms with E-state index < -0.39 is 4.92 Å². The van der Waals surface area contributed by atoms with Gasteiger partial charge in [0.15, 0.2) is 11.5 Å². The van der Waals surface area contributed by atoms with Gasteiger partial charge in [0, 0.05) is 6.54 Å². The van der Waals surface area contributed by atoms with Crippen LogP contribution in [0.3, 0.4) is 0 Å². The lowest BCUT2D eigenvalue weighted by Gasteiger charge is -2.12. The van der Waals surface area contributed by atoms with E-state index in [0.29, 0.717) is 37.0 Å². The van der Waals surface area contributed by atoms with Gasteiger partial charge in [-0.3, -0.25) is 4.79 Å². The van der Waals surface area contributed by atoms with E-state index in [1.54, 1.807) is 13.0 Å². The first-order valence-corrected chi connectivity index (χ1v) is 8.28. The predicted octanol–water partition coefficient (Wildman–Crippen LogP) is 2.21. The average molecular weight is 362 g/mol. The number of rotatable bonds is 9. The quantitative estimate of drug-likeness (QED) is 0.541. The first kappa shape index (κ1) is 19.2. The molecule has 1 aromatic heterocycles. The average Bonchev–Trinajstić information content (AvgIpc) is 2.96. The van der Waals surface area contributed by atoms with Gasteiger partial charge in [-0.2, -0.15) is 4.68 Å². The van der Waals surface area contributed by atoms with E-state index in [4.69, 9.17) is 9.47 Å². The van der Waals surface area contributed by atoms with Crippen LogP contribution in [0.5, 0.6) is 11.5 Å². The third-order valence-corrected chi connectivity index (χ3v) is 3.55. The summed E-state index contributed by atoms with van der Waals surface area (Å²) in [6, 6.07) is 6.79. The SMILES string of the molecule is CCOc1ccc(CNC(=O)Cn2nc([N+](=O)[O-])cc2C)cc1OCC. The van der Waals surface area contributed by atoms with E-state index in [0.717, 1.165) is 5.56 Å². The number of aryl methyl sites for hydroxylation is 1. The summed E-state index contributed by atoms with van der Waals surface area (Å²) in [7, 11) is 0. The number of carbonyl (C=O) groups is 1. The largest absolute Gasteiger partial charge is 0.490 e. The zero-order chi connectivity index (χ0) is 19.1. The highest BCUT2D eigenvalue weighted by Crippen LogP contribution is 2.28. The predicted molar refractivity (Wildman–Crippen MR) is 94.2 cm³/mol. The molecule has 0 radical (unpaired) electrons. The Morgan fingerprint density at radius 1 is 1.23 bits per heavy atom. The number of benzene rings is 1. The van der Waals surface area contributed by atoms with Crippen LogP contribution in [0.1, 0.15) is 25.1 Å². The van der Waals surface area contributed by atoms with E-state index >= 15 is 0 Å². The Labute approximate surface area is 151 Å². The second-order valence-electron chi connectivity index (χ2n) is 5.48. The monoisotopic (exact) mass is 362 g/mol. The highest BCUT2D eigenvalue weighted by atomic mass is 16.6. The van der Waals surface area contributed by atoms with Crippen molar-refractivity contribution in [3.05, 3.63) is 45.6 Å². The molecule has 0 fully saturated rings. The molecule has 9 nitrogen and oxygen atoms in total. The summed E-state index contributed by atoms with van der Waals surface area (Å²) in [5.74, 6) is 0.713. The lowest BCUT2D eigenvalue weighted by molar-refractivity contribution is -0.389. The van der Waals surface area contributed by atoms with Crippen LogP contribution < -0.4 is 14.8 Å². The zero-order valence-corrected chi connectivity index (χ0v) is 15.0. The van der Waals surface area contributed by atoms with Gasteiger partial charge in [-0.05, 0) is 43.4 Å². The number of hydrogen-bond acceptors (Lipinski definition) is 6. The lowest BCUT2D eigenvalue weighted by atomic mass is 10.2. The second-order valence-corrected chi connectivity index (χ2v) is 5.48. The van der Waals surface area contributed by atoms with Crippen molar-refractivity contribution < 1.29 is 19.2 Å². The van der Waals surface area contributed by atoms with E-state index in [-0.39, 0.29) is 18.3 Å². The van der Waals surface area contributed by atoms with Crippen molar-refractivity contribution in [1.82, 2.24) is 15.1 Å². The van der Waals surface area contributed by atoms with Gasteiger partial charge in [-0.15, -0.1) is 0 Å². The Bertz CT molecular complexity index is 787. The maximum atomic E-state index is 12.1. The van der Waals surface area contributed by atoms with Crippen LogP contribution in [0, 0.1) is 17.0 Å². The van der Waals surface area contributed by atoms with E-state index in [2.05, 4.69) is 10.4 Å². The molecule has 0 bridgehead atoms. The molecule has 2 rings (SSSR count). The van der Waals surface area contributed by atoms with Crippen molar-refractivity contribution in [2.75, 3.05) is 13.2 Å². The molecular formula is C17H22N4O5. The number of nitrogens with one attached hydrogen (secondary N) is 1. The van der Waals surface area contributed by atoms with Crippen LogP contribution in [0.25, 0.3) is 0 Å². The maximum Gasteiger partial charge on any atom is 0.390 e. The smallest absolute Gasteiger partial charge is 0.390 e. The molecule has 1 aromatic carbocycles. The van der Waals surface area contributed by atoms with Crippen molar-refractivity contribution in [3.8, 4) is 11.5 Å². The molecule has 1 amide bonds. The minimum absolute atomic E-state index is 0.0883. The fourth-order valence-corrected chi connectivity index (χ4v) is 2.34. The maximum absolute atomic E-state index is 12.1. The Kier molecular flexibility index (Phi) is 6.54. The molecule has 26 heavy (non-hydrogen) atoms. The highest BCUT2D eigenvalue weighted by molar-refractivity contribution is 5.75. The number of amides is 1. The first-order chi connectivity index (χ1) is 12.4. The van der Waals surface area contributed by atoms with Gasteiger partial charge in [0.2, 0.25) is 5.91 Å². The van der Waals surface area contributed by atoms with E-state index in [1.807, 2.05) is 26.0 Å². The first-order valence-electron chi connectivity index (χ1n) is 8.28. The number of ether oxygens (including phenoxy) is 2. The van der Waals surface area contributed by atoms with Crippen molar-refractivity contribution >= 4 is 11.7 Å². The summed E-state index contributed by atoms with van der Waals surface area (Å²) in [5, 5.41) is 17.3. The standard InChI is InChI=1S/C17H22N4O5/c1-4-25-14-7-6-13(9-15(14)26-5-2)10-18-17(22)11-20-12(3)8-16(19-20)21(23)24/h6-9H,4-5,10-11H2,1-3H3,(H,18,22). The third-order valence-electron chi connectivity index (χ3n) is 3.55. The topological polar surface area (TPSA) is 109 Å². The Balaban J connectivity index is 1.98. The van der Waals surface area contributed by atoms with Gasteiger partial charge in [0.25, 0.3) is 0 Å². The van der Waals surface area contributed by atoms with Crippen molar-refractivity contribution in [2.45, 2.75) is 33.9 Å². The van der Waals surface area contributed by atoms with Gasteiger partial charge in [0.1, 0.15) is 6.54 Å². The highest BCUT2D eigenvalue weighted by Gasteiger charge is 2.17. The zero-order valence-electron chi connectivity index (χ0n) is 15.0. The molecule has 140 valence electrons. The van der Waals surface area contributed by atoms with Crippen molar-refractivity contribution in [2.24, 2.45) is 0 Å². The summed E-state index contributed by atoms with van der Waals surface area (Å²) in [6.45, 7) is 6.69. The minimum atomic E-state index is -0.587. The van der Waals surface area contributed by atoms with Gasteiger partial charge in [-0.25, -0.2) is 0 Å². The fraction of sp³-hybridized carbons (Fsp3) is 0.412. The van der Waals surface area contributed by atoms with Crippen LogP contribution in [0.15, 0.2) is 24.3 Å². The molecule has 2 aromatic rings. The molecule has 1 heterocycles. The number of nitro groups is 1. The van der Waals surface area contributed by atoms with Gasteiger partial charge < -0.3 is 24.9 Å². The molecule has 0 spiro atoms.